The van der Waals surface area contributed by atoms with Gasteiger partial charge < -0.3 is 16.8 Å². The first-order chi connectivity index (χ1) is 7.54. The monoisotopic (exact) mass is 295 g/mol. The third-order valence-electron chi connectivity index (χ3n) is 1.68. The van der Waals surface area contributed by atoms with E-state index in [1.54, 1.807) is 18.2 Å². The molecule has 0 radical (unpaired) electrons. The smallest absolute Gasteiger partial charge is 0.218 e. The number of para-hydroxylation sites is 1. The molecule has 0 heterocycles. The molecule has 8 heteroatoms. The van der Waals surface area contributed by atoms with Crippen LogP contribution in [0, 0.1) is 0 Å². The van der Waals surface area contributed by atoms with Crippen molar-refractivity contribution in [3.63, 3.8) is 0 Å². The summed E-state index contributed by atoms with van der Waals surface area (Å²) in [4.78, 5) is 7.40. The molecule has 0 aliphatic rings. The Morgan fingerprint density at radius 3 is 2.24 bits per heavy atom. The van der Waals surface area contributed by atoms with Crippen molar-refractivity contribution in [1.29, 1.82) is 0 Å². The Morgan fingerprint density at radius 1 is 1.24 bits per heavy atom. The third kappa shape index (κ3) is 4.68. The van der Waals surface area contributed by atoms with Gasteiger partial charge in [-0.05, 0) is 12.1 Å². The van der Waals surface area contributed by atoms with Gasteiger partial charge in [-0.2, -0.15) is 4.99 Å². The summed E-state index contributed by atoms with van der Waals surface area (Å²) in [5, 5.41) is 3.63. The highest BCUT2D eigenvalue weighted by molar-refractivity contribution is 6.39. The van der Waals surface area contributed by atoms with E-state index in [-0.39, 0.29) is 24.3 Å². The molecule has 1 rings (SSSR count). The molecule has 0 unspecified atom stereocenters. The lowest BCUT2D eigenvalue weighted by Gasteiger charge is -2.08. The molecule has 5 nitrogen and oxygen atoms in total. The maximum atomic E-state index is 5.93. The number of nitrogens with zero attached hydrogens (tertiary/aromatic N) is 2. The van der Waals surface area contributed by atoms with E-state index < -0.39 is 0 Å². The second-order valence-electron chi connectivity index (χ2n) is 2.80. The van der Waals surface area contributed by atoms with E-state index in [1.807, 2.05) is 0 Å². The average Bonchev–Trinajstić information content (AvgIpc) is 2.23. The summed E-state index contributed by atoms with van der Waals surface area (Å²) < 4.78 is 0. The number of rotatable bonds is 1. The molecule has 1 aromatic rings. The molecule has 5 N–H and O–H groups in total. The normalized spacial score (nSPS) is 11.9. The molecule has 94 valence electrons. The van der Waals surface area contributed by atoms with E-state index in [1.165, 1.54) is 7.05 Å². The number of anilines is 1. The van der Waals surface area contributed by atoms with Crippen molar-refractivity contribution >= 4 is 53.2 Å². The van der Waals surface area contributed by atoms with Crippen molar-refractivity contribution in [1.82, 2.24) is 0 Å². The minimum Gasteiger partial charge on any atom is -0.369 e. The molecule has 0 aliphatic carbocycles. The lowest BCUT2D eigenvalue weighted by Crippen LogP contribution is -2.26. The van der Waals surface area contributed by atoms with Crippen LogP contribution in [0.3, 0.4) is 0 Å². The van der Waals surface area contributed by atoms with Gasteiger partial charge in [-0.1, -0.05) is 29.3 Å². The number of halogens is 3. The number of nitrogens with two attached hydrogens (primary N) is 2. The Bertz CT molecular complexity index is 424. The molecule has 0 bridgehead atoms. The van der Waals surface area contributed by atoms with E-state index in [0.29, 0.717) is 15.7 Å². The van der Waals surface area contributed by atoms with Crippen LogP contribution < -0.4 is 16.8 Å². The maximum absolute atomic E-state index is 5.93. The third-order valence-corrected chi connectivity index (χ3v) is 2.31. The molecule has 1 aromatic carbocycles. The number of nitrogens with one attached hydrogen (secondary N) is 1. The van der Waals surface area contributed by atoms with Gasteiger partial charge in [0.05, 0.1) is 15.7 Å². The van der Waals surface area contributed by atoms with E-state index in [4.69, 9.17) is 34.7 Å². The SMILES string of the molecule is CN=C(N)/N=C(\N)Nc1c(Cl)cccc1Cl.Cl. The standard InChI is InChI=1S/C9H11Cl2N5.ClH/c1-14-8(12)16-9(13)15-7-5(10)3-2-4-6(7)11;/h2-4H,1H3,(H5,12,13,14,15,16);1H. The van der Waals surface area contributed by atoms with E-state index >= 15 is 0 Å². The number of guanidine groups is 2. The molecular formula is C9H12Cl3N5. The largest absolute Gasteiger partial charge is 0.369 e. The van der Waals surface area contributed by atoms with Crippen LogP contribution in [-0.4, -0.2) is 19.0 Å². The molecule has 0 aromatic heterocycles. The lowest BCUT2D eigenvalue weighted by molar-refractivity contribution is 1.34. The topological polar surface area (TPSA) is 88.8 Å². The van der Waals surface area contributed by atoms with Crippen LogP contribution in [0.15, 0.2) is 28.2 Å². The van der Waals surface area contributed by atoms with Gasteiger partial charge in [-0.15, -0.1) is 12.4 Å². The Kier molecular flexibility index (Phi) is 6.72. The predicted molar refractivity (Wildman–Crippen MR) is 76.5 cm³/mol. The van der Waals surface area contributed by atoms with Crippen LogP contribution >= 0.6 is 35.6 Å². The summed E-state index contributed by atoms with van der Waals surface area (Å²) in [6, 6.07) is 5.09. The van der Waals surface area contributed by atoms with Gasteiger partial charge in [0, 0.05) is 7.05 Å². The zero-order valence-electron chi connectivity index (χ0n) is 8.95. The lowest BCUT2D eigenvalue weighted by atomic mass is 10.3. The Morgan fingerprint density at radius 2 is 1.76 bits per heavy atom. The molecule has 0 saturated heterocycles. The first-order valence-corrected chi connectivity index (χ1v) is 5.07. The minimum atomic E-state index is 0. The van der Waals surface area contributed by atoms with Crippen molar-refractivity contribution in [2.45, 2.75) is 0 Å². The quantitative estimate of drug-likeness (QED) is 0.547. The molecule has 17 heavy (non-hydrogen) atoms. The molecule has 0 saturated carbocycles. The van der Waals surface area contributed by atoms with Gasteiger partial charge in [0.1, 0.15) is 0 Å². The van der Waals surface area contributed by atoms with Crippen molar-refractivity contribution in [3.05, 3.63) is 28.2 Å². The Balaban J connectivity index is 0.00000256. The highest BCUT2D eigenvalue weighted by Crippen LogP contribution is 2.29. The van der Waals surface area contributed by atoms with Crippen LogP contribution in [0.2, 0.25) is 10.0 Å². The highest BCUT2D eigenvalue weighted by Gasteiger charge is 2.06. The first kappa shape index (κ1) is 15.8. The number of hydrogen-bond acceptors (Lipinski definition) is 1. The Labute approximate surface area is 115 Å². The van der Waals surface area contributed by atoms with Gasteiger partial charge in [-0.25, -0.2) is 0 Å². The zero-order chi connectivity index (χ0) is 12.1. The minimum absolute atomic E-state index is 0. The van der Waals surface area contributed by atoms with Gasteiger partial charge in [0.2, 0.25) is 11.9 Å². The van der Waals surface area contributed by atoms with Crippen LogP contribution in [0.4, 0.5) is 5.69 Å². The first-order valence-electron chi connectivity index (χ1n) is 4.32. The van der Waals surface area contributed by atoms with E-state index in [9.17, 15) is 0 Å². The second kappa shape index (κ2) is 7.21. The predicted octanol–water partition coefficient (Wildman–Crippen LogP) is 2.09. The fourth-order valence-corrected chi connectivity index (χ4v) is 1.44. The summed E-state index contributed by atoms with van der Waals surface area (Å²) in [7, 11) is 1.51. The summed E-state index contributed by atoms with van der Waals surface area (Å²) in [6.45, 7) is 0. The van der Waals surface area contributed by atoms with Gasteiger partial charge in [0.25, 0.3) is 0 Å². The van der Waals surface area contributed by atoms with Crippen LogP contribution in [0.25, 0.3) is 0 Å². The fourth-order valence-electron chi connectivity index (χ4n) is 0.947. The number of benzene rings is 1. The van der Waals surface area contributed by atoms with Crippen molar-refractivity contribution in [3.8, 4) is 0 Å². The van der Waals surface area contributed by atoms with Gasteiger partial charge >= 0.3 is 0 Å². The van der Waals surface area contributed by atoms with Crippen LogP contribution in [-0.2, 0) is 0 Å². The molecule has 0 spiro atoms. The van der Waals surface area contributed by atoms with E-state index in [0.717, 1.165) is 0 Å². The van der Waals surface area contributed by atoms with Crippen LogP contribution in [0.1, 0.15) is 0 Å². The molecule has 0 fully saturated rings. The Hall–Kier alpha value is -1.17. The zero-order valence-corrected chi connectivity index (χ0v) is 11.3. The molecule has 0 aliphatic heterocycles. The van der Waals surface area contributed by atoms with Gasteiger partial charge in [0.15, 0.2) is 0 Å². The number of aliphatic imine (C=N–C) groups is 2. The van der Waals surface area contributed by atoms with Crippen LogP contribution in [0.5, 0.6) is 0 Å². The van der Waals surface area contributed by atoms with E-state index in [2.05, 4.69) is 15.3 Å². The summed E-state index contributed by atoms with van der Waals surface area (Å²) >= 11 is 11.9. The summed E-state index contributed by atoms with van der Waals surface area (Å²) in [5.74, 6) is 0.131. The van der Waals surface area contributed by atoms with Crippen molar-refractivity contribution < 1.29 is 0 Å². The fraction of sp³-hybridized carbons (Fsp3) is 0.111. The van der Waals surface area contributed by atoms with Crippen molar-refractivity contribution in [2.24, 2.45) is 21.5 Å². The summed E-state index contributed by atoms with van der Waals surface area (Å²) in [5.41, 5.74) is 11.4. The second-order valence-corrected chi connectivity index (χ2v) is 3.61. The molecule has 0 amide bonds. The number of hydrogen-bond donors (Lipinski definition) is 3. The average molecular weight is 297 g/mol. The summed E-state index contributed by atoms with van der Waals surface area (Å²) in [6.07, 6.45) is 0. The van der Waals surface area contributed by atoms with Gasteiger partial charge in [-0.3, -0.25) is 4.99 Å². The van der Waals surface area contributed by atoms with Crippen molar-refractivity contribution in [2.75, 3.05) is 12.4 Å². The highest BCUT2D eigenvalue weighted by atomic mass is 35.5. The molecular weight excluding hydrogens is 284 g/mol. The molecule has 0 atom stereocenters. The maximum Gasteiger partial charge on any atom is 0.218 e.